The van der Waals surface area contributed by atoms with Gasteiger partial charge in [-0.3, -0.25) is 9.59 Å². The molecule has 1 fully saturated rings. The van der Waals surface area contributed by atoms with Crippen LogP contribution in [0.4, 0.5) is 5.13 Å². The molecule has 148 valence electrons. The van der Waals surface area contributed by atoms with Crippen LogP contribution >= 0.6 is 11.3 Å². The molecule has 0 aliphatic carbocycles. The number of ether oxygens (including phenoxy) is 1. The first-order valence-corrected chi connectivity index (χ1v) is 10.4. The number of thiazole rings is 1. The maximum absolute atomic E-state index is 13.0. The summed E-state index contributed by atoms with van der Waals surface area (Å²) in [7, 11) is 0. The Morgan fingerprint density at radius 1 is 1.10 bits per heavy atom. The van der Waals surface area contributed by atoms with Crippen LogP contribution in [-0.2, 0) is 4.79 Å². The van der Waals surface area contributed by atoms with E-state index in [1.165, 1.54) is 11.3 Å². The SMILES string of the molecule is O=C(Nc1nccs1)C1CCCN(C(=O)c2cccc(Oc3ccccc3)c2)C1. The van der Waals surface area contributed by atoms with Crippen molar-refractivity contribution in [3.05, 3.63) is 71.7 Å². The van der Waals surface area contributed by atoms with Crippen molar-refractivity contribution in [3.8, 4) is 11.5 Å². The number of hydrogen-bond acceptors (Lipinski definition) is 5. The molecule has 2 aromatic carbocycles. The molecule has 1 atom stereocenters. The summed E-state index contributed by atoms with van der Waals surface area (Å²) in [4.78, 5) is 31.4. The summed E-state index contributed by atoms with van der Waals surface area (Å²) >= 11 is 1.38. The van der Waals surface area contributed by atoms with Gasteiger partial charge in [-0.2, -0.15) is 0 Å². The third-order valence-electron chi connectivity index (χ3n) is 4.80. The van der Waals surface area contributed by atoms with E-state index < -0.39 is 0 Å². The maximum Gasteiger partial charge on any atom is 0.254 e. The number of amides is 2. The Morgan fingerprint density at radius 3 is 2.72 bits per heavy atom. The van der Waals surface area contributed by atoms with Crippen LogP contribution < -0.4 is 10.1 Å². The van der Waals surface area contributed by atoms with E-state index in [9.17, 15) is 9.59 Å². The first-order valence-electron chi connectivity index (χ1n) is 9.51. The van der Waals surface area contributed by atoms with E-state index in [2.05, 4.69) is 10.3 Å². The van der Waals surface area contributed by atoms with Crippen molar-refractivity contribution in [2.24, 2.45) is 5.92 Å². The van der Waals surface area contributed by atoms with Gasteiger partial charge in [-0.05, 0) is 43.2 Å². The quantitative estimate of drug-likeness (QED) is 0.679. The lowest BCUT2D eigenvalue weighted by Gasteiger charge is -2.32. The average molecular weight is 407 g/mol. The molecule has 1 saturated heterocycles. The van der Waals surface area contributed by atoms with Crippen LogP contribution in [0.25, 0.3) is 0 Å². The summed E-state index contributed by atoms with van der Waals surface area (Å²) in [5, 5.41) is 5.24. The molecule has 1 unspecified atom stereocenters. The Labute approximate surface area is 173 Å². The van der Waals surface area contributed by atoms with Gasteiger partial charge in [0.15, 0.2) is 5.13 Å². The van der Waals surface area contributed by atoms with E-state index in [1.54, 1.807) is 23.2 Å². The molecule has 1 aromatic heterocycles. The van der Waals surface area contributed by atoms with Gasteiger partial charge in [0.2, 0.25) is 5.91 Å². The Bertz CT molecular complexity index is 976. The number of likely N-dealkylation sites (tertiary alicyclic amines) is 1. The molecule has 0 radical (unpaired) electrons. The molecule has 29 heavy (non-hydrogen) atoms. The number of piperidine rings is 1. The molecular weight excluding hydrogens is 386 g/mol. The summed E-state index contributed by atoms with van der Waals surface area (Å²) < 4.78 is 5.83. The van der Waals surface area contributed by atoms with Gasteiger partial charge in [-0.15, -0.1) is 11.3 Å². The van der Waals surface area contributed by atoms with E-state index in [4.69, 9.17) is 4.74 Å². The van der Waals surface area contributed by atoms with E-state index in [0.717, 1.165) is 12.8 Å². The number of nitrogens with one attached hydrogen (secondary N) is 1. The number of rotatable bonds is 5. The number of hydrogen-bond donors (Lipinski definition) is 1. The highest BCUT2D eigenvalue weighted by Gasteiger charge is 2.29. The highest BCUT2D eigenvalue weighted by Crippen LogP contribution is 2.25. The normalized spacial score (nSPS) is 16.3. The largest absolute Gasteiger partial charge is 0.457 e. The van der Waals surface area contributed by atoms with E-state index in [-0.39, 0.29) is 17.7 Å². The molecule has 0 saturated carbocycles. The third kappa shape index (κ3) is 4.81. The Morgan fingerprint density at radius 2 is 1.93 bits per heavy atom. The molecule has 6 nitrogen and oxygen atoms in total. The Hall–Kier alpha value is -3.19. The van der Waals surface area contributed by atoms with Crippen LogP contribution in [0.1, 0.15) is 23.2 Å². The lowest BCUT2D eigenvalue weighted by atomic mass is 9.96. The fourth-order valence-electron chi connectivity index (χ4n) is 3.37. The highest BCUT2D eigenvalue weighted by atomic mass is 32.1. The molecule has 2 heterocycles. The summed E-state index contributed by atoms with van der Waals surface area (Å²) in [6.45, 7) is 1.05. The standard InChI is InChI=1S/C22H21N3O3S/c26-20(24-22-23-11-13-29-22)17-7-5-12-25(15-17)21(27)16-6-4-10-19(14-16)28-18-8-2-1-3-9-18/h1-4,6,8-11,13-14,17H,5,7,12,15H2,(H,23,24,26). The minimum absolute atomic E-state index is 0.0846. The van der Waals surface area contributed by atoms with Crippen molar-refractivity contribution in [3.63, 3.8) is 0 Å². The highest BCUT2D eigenvalue weighted by molar-refractivity contribution is 7.13. The van der Waals surface area contributed by atoms with Crippen LogP contribution in [-0.4, -0.2) is 34.8 Å². The molecule has 4 rings (SSSR count). The van der Waals surface area contributed by atoms with E-state index in [0.29, 0.717) is 35.3 Å². The first kappa shape index (κ1) is 19.1. The number of carbonyl (C=O) groups is 2. The van der Waals surface area contributed by atoms with Crippen LogP contribution in [0.2, 0.25) is 0 Å². The number of para-hydroxylation sites is 1. The molecule has 0 bridgehead atoms. The predicted octanol–water partition coefficient (Wildman–Crippen LogP) is 4.43. The molecule has 1 aliphatic heterocycles. The zero-order valence-corrected chi connectivity index (χ0v) is 16.6. The minimum Gasteiger partial charge on any atom is -0.457 e. The second-order valence-electron chi connectivity index (χ2n) is 6.86. The zero-order chi connectivity index (χ0) is 20.1. The lowest BCUT2D eigenvalue weighted by Crippen LogP contribution is -2.43. The maximum atomic E-state index is 13.0. The number of anilines is 1. The average Bonchev–Trinajstić information content (AvgIpc) is 3.27. The van der Waals surface area contributed by atoms with Gasteiger partial charge in [0, 0.05) is 30.2 Å². The van der Waals surface area contributed by atoms with Crippen molar-refractivity contribution in [1.82, 2.24) is 9.88 Å². The summed E-state index contributed by atoms with van der Waals surface area (Å²) in [6.07, 6.45) is 3.21. The molecule has 0 spiro atoms. The van der Waals surface area contributed by atoms with Crippen LogP contribution in [0.15, 0.2) is 66.2 Å². The Kier molecular flexibility index (Phi) is 5.86. The molecule has 2 amide bonds. The van der Waals surface area contributed by atoms with Crippen molar-refractivity contribution in [2.45, 2.75) is 12.8 Å². The first-order chi connectivity index (χ1) is 14.2. The topological polar surface area (TPSA) is 71.5 Å². The van der Waals surface area contributed by atoms with Crippen molar-refractivity contribution in [1.29, 1.82) is 0 Å². The fraction of sp³-hybridized carbons (Fsp3) is 0.227. The van der Waals surface area contributed by atoms with Gasteiger partial charge in [0.25, 0.3) is 5.91 Å². The zero-order valence-electron chi connectivity index (χ0n) is 15.8. The van der Waals surface area contributed by atoms with Crippen LogP contribution in [0.5, 0.6) is 11.5 Å². The van der Waals surface area contributed by atoms with Gasteiger partial charge in [-0.1, -0.05) is 24.3 Å². The molecule has 3 aromatic rings. The number of nitrogens with zero attached hydrogens (tertiary/aromatic N) is 2. The smallest absolute Gasteiger partial charge is 0.254 e. The van der Waals surface area contributed by atoms with Gasteiger partial charge in [0.05, 0.1) is 5.92 Å². The summed E-state index contributed by atoms with van der Waals surface area (Å²) in [6, 6.07) is 16.6. The third-order valence-corrected chi connectivity index (χ3v) is 5.49. The Balaban J connectivity index is 1.42. The van der Waals surface area contributed by atoms with Gasteiger partial charge < -0.3 is 15.0 Å². The molecule has 1 aliphatic rings. The second-order valence-corrected chi connectivity index (χ2v) is 7.75. The second kappa shape index (κ2) is 8.87. The molecular formula is C22H21N3O3S. The van der Waals surface area contributed by atoms with Crippen molar-refractivity contribution in [2.75, 3.05) is 18.4 Å². The summed E-state index contributed by atoms with van der Waals surface area (Å²) in [5.74, 6) is 0.917. The van der Waals surface area contributed by atoms with Crippen molar-refractivity contribution >= 4 is 28.3 Å². The van der Waals surface area contributed by atoms with Crippen LogP contribution in [0.3, 0.4) is 0 Å². The van der Waals surface area contributed by atoms with E-state index >= 15 is 0 Å². The summed E-state index contributed by atoms with van der Waals surface area (Å²) in [5.41, 5.74) is 0.555. The molecule has 7 heteroatoms. The van der Waals surface area contributed by atoms with Gasteiger partial charge in [0.1, 0.15) is 11.5 Å². The number of aromatic nitrogens is 1. The van der Waals surface area contributed by atoms with Crippen molar-refractivity contribution < 1.29 is 14.3 Å². The van der Waals surface area contributed by atoms with Crippen LogP contribution in [0, 0.1) is 5.92 Å². The van der Waals surface area contributed by atoms with Gasteiger partial charge >= 0.3 is 0 Å². The van der Waals surface area contributed by atoms with E-state index in [1.807, 2.05) is 47.8 Å². The monoisotopic (exact) mass is 407 g/mol. The molecule has 1 N–H and O–H groups in total. The number of carbonyl (C=O) groups excluding carboxylic acids is 2. The van der Waals surface area contributed by atoms with Gasteiger partial charge in [-0.25, -0.2) is 4.98 Å². The minimum atomic E-state index is -0.236. The lowest BCUT2D eigenvalue weighted by molar-refractivity contribution is -0.121. The number of benzene rings is 2. The fourth-order valence-corrected chi connectivity index (χ4v) is 3.90. The predicted molar refractivity (Wildman–Crippen MR) is 112 cm³/mol.